The van der Waals surface area contributed by atoms with E-state index in [9.17, 15) is 4.79 Å². The van der Waals surface area contributed by atoms with Gasteiger partial charge < -0.3 is 9.84 Å². The van der Waals surface area contributed by atoms with Crippen LogP contribution in [0.15, 0.2) is 0 Å². The van der Waals surface area contributed by atoms with Gasteiger partial charge in [-0.3, -0.25) is 10.7 Å². The van der Waals surface area contributed by atoms with E-state index in [1.54, 1.807) is 0 Å². The highest BCUT2D eigenvalue weighted by molar-refractivity contribution is 5.80. The van der Waals surface area contributed by atoms with Crippen molar-refractivity contribution in [2.75, 3.05) is 13.2 Å². The van der Waals surface area contributed by atoms with Crippen molar-refractivity contribution in [1.82, 2.24) is 5.32 Å². The van der Waals surface area contributed by atoms with E-state index in [0.29, 0.717) is 6.34 Å². The number of hydrogen-bond donors (Lipinski definition) is 3. The van der Waals surface area contributed by atoms with Crippen molar-refractivity contribution < 1.29 is 14.6 Å². The number of aliphatic hydroxyl groups excluding tert-OH is 1. The highest BCUT2D eigenvalue weighted by Crippen LogP contribution is 1.72. The quantitative estimate of drug-likeness (QED) is 0.351. The highest BCUT2D eigenvalue weighted by Gasteiger charge is 1.94. The van der Waals surface area contributed by atoms with E-state index in [4.69, 9.17) is 10.5 Å². The fourth-order valence-electron chi connectivity index (χ4n) is 0.239. The zero-order chi connectivity index (χ0) is 7.11. The maximum absolute atomic E-state index is 10.2. The van der Waals surface area contributed by atoms with Crippen molar-refractivity contribution in [3.63, 3.8) is 0 Å². The van der Waals surface area contributed by atoms with E-state index < -0.39 is 6.09 Å². The highest BCUT2D eigenvalue weighted by atomic mass is 16.6. The first-order valence-electron chi connectivity index (χ1n) is 2.34. The van der Waals surface area contributed by atoms with Crippen LogP contribution in [-0.2, 0) is 4.74 Å². The van der Waals surface area contributed by atoms with Crippen LogP contribution in [0.25, 0.3) is 0 Å². The van der Waals surface area contributed by atoms with Crippen molar-refractivity contribution in [3.8, 4) is 0 Å². The first-order chi connectivity index (χ1) is 4.31. The Balaban J connectivity index is 3.16. The third kappa shape index (κ3) is 4.76. The minimum atomic E-state index is -0.723. The first-order valence-corrected chi connectivity index (χ1v) is 2.34. The summed E-state index contributed by atoms with van der Waals surface area (Å²) < 4.78 is 4.28. The molecule has 52 valence electrons. The van der Waals surface area contributed by atoms with Gasteiger partial charge in [-0.1, -0.05) is 0 Å². The topological polar surface area (TPSA) is 82.4 Å². The number of alkyl carbamates (subject to hydrolysis) is 1. The van der Waals surface area contributed by atoms with Gasteiger partial charge in [0.1, 0.15) is 6.61 Å². The number of carbonyl (C=O) groups is 1. The molecule has 0 spiro atoms. The average Bonchev–Trinajstić information content (AvgIpc) is 1.85. The molecular formula is C4H8N2O3. The van der Waals surface area contributed by atoms with Crippen LogP contribution in [0.2, 0.25) is 0 Å². The summed E-state index contributed by atoms with van der Waals surface area (Å²) in [4.78, 5) is 10.2. The zero-order valence-electron chi connectivity index (χ0n) is 4.76. The predicted molar refractivity (Wildman–Crippen MR) is 30.4 cm³/mol. The molecule has 3 N–H and O–H groups in total. The van der Waals surface area contributed by atoms with Crippen LogP contribution in [0, 0.1) is 5.41 Å². The summed E-state index contributed by atoms with van der Waals surface area (Å²) in [6.07, 6.45) is -0.0151. The fraction of sp³-hybridized carbons (Fsp3) is 0.500. The van der Waals surface area contributed by atoms with Gasteiger partial charge >= 0.3 is 6.09 Å². The van der Waals surface area contributed by atoms with Crippen molar-refractivity contribution in [2.45, 2.75) is 0 Å². The molecule has 0 atom stereocenters. The lowest BCUT2D eigenvalue weighted by atomic mass is 10.8. The van der Waals surface area contributed by atoms with E-state index >= 15 is 0 Å². The van der Waals surface area contributed by atoms with Crippen LogP contribution in [0.4, 0.5) is 4.79 Å². The standard InChI is InChI=1S/C4H8N2O3/c5-3-6-4(8)9-2-1-7/h3,7H,1-2H2,(H2,5,6,8). The van der Waals surface area contributed by atoms with Crippen LogP contribution < -0.4 is 5.32 Å². The minimum absolute atomic E-state index is 0.0420. The Hall–Kier alpha value is -1.10. The van der Waals surface area contributed by atoms with E-state index in [1.807, 2.05) is 5.32 Å². The molecule has 0 aromatic carbocycles. The lowest BCUT2D eigenvalue weighted by molar-refractivity contribution is 0.123. The van der Waals surface area contributed by atoms with Crippen LogP contribution in [-0.4, -0.2) is 30.8 Å². The number of amides is 1. The molecule has 0 heterocycles. The summed E-state index contributed by atoms with van der Waals surface area (Å²) in [5.41, 5.74) is 0. The van der Waals surface area contributed by atoms with Crippen LogP contribution >= 0.6 is 0 Å². The second-order valence-corrected chi connectivity index (χ2v) is 1.15. The number of ether oxygens (including phenoxy) is 1. The Kier molecular flexibility index (Phi) is 4.43. The average molecular weight is 132 g/mol. The van der Waals surface area contributed by atoms with Crippen LogP contribution in [0.1, 0.15) is 0 Å². The van der Waals surface area contributed by atoms with Crippen molar-refractivity contribution in [3.05, 3.63) is 0 Å². The molecule has 0 aromatic rings. The summed E-state index contributed by atoms with van der Waals surface area (Å²) in [6, 6.07) is 0. The molecule has 0 aromatic heterocycles. The van der Waals surface area contributed by atoms with E-state index in [-0.39, 0.29) is 13.2 Å². The number of carbonyl (C=O) groups excluding carboxylic acids is 1. The summed E-state index contributed by atoms with van der Waals surface area (Å²) in [5.74, 6) is 0. The molecule has 0 aliphatic rings. The Morgan fingerprint density at radius 2 is 2.56 bits per heavy atom. The van der Waals surface area contributed by atoms with E-state index in [2.05, 4.69) is 4.74 Å². The molecule has 5 nitrogen and oxygen atoms in total. The molecule has 1 amide bonds. The van der Waals surface area contributed by atoms with Crippen molar-refractivity contribution >= 4 is 12.4 Å². The molecule has 0 radical (unpaired) electrons. The number of nitrogens with one attached hydrogen (secondary N) is 2. The molecule has 0 fully saturated rings. The smallest absolute Gasteiger partial charge is 0.412 e. The summed E-state index contributed by atoms with van der Waals surface area (Å²) in [6.45, 7) is -0.245. The largest absolute Gasteiger partial charge is 0.447 e. The number of hydrogen-bond acceptors (Lipinski definition) is 4. The van der Waals surface area contributed by atoms with Gasteiger partial charge in [0, 0.05) is 0 Å². The zero-order valence-corrected chi connectivity index (χ0v) is 4.76. The maximum Gasteiger partial charge on any atom is 0.412 e. The maximum atomic E-state index is 10.2. The van der Waals surface area contributed by atoms with Gasteiger partial charge in [0.15, 0.2) is 0 Å². The summed E-state index contributed by atoms with van der Waals surface area (Å²) >= 11 is 0. The van der Waals surface area contributed by atoms with Gasteiger partial charge in [-0.15, -0.1) is 0 Å². The molecule has 5 heteroatoms. The second kappa shape index (κ2) is 5.04. The summed E-state index contributed by atoms with van der Waals surface area (Å²) in [5, 5.41) is 16.4. The molecular weight excluding hydrogens is 124 g/mol. The Labute approximate surface area is 52.1 Å². The monoisotopic (exact) mass is 132 g/mol. The molecule has 0 aliphatic heterocycles. The molecule has 0 saturated carbocycles. The first kappa shape index (κ1) is 7.90. The molecule has 0 unspecified atom stereocenters. The third-order valence-electron chi connectivity index (χ3n) is 0.514. The Morgan fingerprint density at radius 1 is 1.89 bits per heavy atom. The summed E-state index contributed by atoms with van der Waals surface area (Å²) in [7, 11) is 0. The molecule has 0 saturated heterocycles. The van der Waals surface area contributed by atoms with Gasteiger partial charge in [0.05, 0.1) is 12.9 Å². The lowest BCUT2D eigenvalue weighted by Gasteiger charge is -1.98. The van der Waals surface area contributed by atoms with Crippen molar-refractivity contribution in [2.24, 2.45) is 0 Å². The molecule has 0 bridgehead atoms. The van der Waals surface area contributed by atoms with Gasteiger partial charge in [-0.05, 0) is 0 Å². The molecule has 9 heavy (non-hydrogen) atoms. The van der Waals surface area contributed by atoms with Gasteiger partial charge in [0.25, 0.3) is 0 Å². The third-order valence-corrected chi connectivity index (χ3v) is 0.514. The van der Waals surface area contributed by atoms with Crippen LogP contribution in [0.5, 0.6) is 0 Å². The SMILES string of the molecule is N=CNC(=O)OCCO. The normalized spacial score (nSPS) is 8.11. The second-order valence-electron chi connectivity index (χ2n) is 1.15. The Morgan fingerprint density at radius 3 is 3.00 bits per heavy atom. The van der Waals surface area contributed by atoms with Gasteiger partial charge in [-0.2, -0.15) is 0 Å². The lowest BCUT2D eigenvalue weighted by Crippen LogP contribution is -2.23. The van der Waals surface area contributed by atoms with Gasteiger partial charge in [-0.25, -0.2) is 4.79 Å². The van der Waals surface area contributed by atoms with Crippen LogP contribution in [0.3, 0.4) is 0 Å². The van der Waals surface area contributed by atoms with E-state index in [0.717, 1.165) is 0 Å². The fourth-order valence-corrected chi connectivity index (χ4v) is 0.239. The molecule has 0 rings (SSSR count). The minimum Gasteiger partial charge on any atom is -0.447 e. The Bertz CT molecular complexity index is 104. The van der Waals surface area contributed by atoms with E-state index in [1.165, 1.54) is 0 Å². The predicted octanol–water partition coefficient (Wildman–Crippen LogP) is -0.688. The van der Waals surface area contributed by atoms with Gasteiger partial charge in [0.2, 0.25) is 0 Å². The van der Waals surface area contributed by atoms with Crippen molar-refractivity contribution in [1.29, 1.82) is 5.41 Å². The number of rotatable bonds is 3. The molecule has 0 aliphatic carbocycles. The number of aliphatic hydroxyl groups is 1.